The van der Waals surface area contributed by atoms with E-state index in [0.717, 1.165) is 21.2 Å². The molecule has 0 atom stereocenters. The summed E-state index contributed by atoms with van der Waals surface area (Å²) in [6, 6.07) is 13.9. The van der Waals surface area contributed by atoms with Crippen LogP contribution in [0, 0.1) is 3.57 Å². The Morgan fingerprint density at radius 2 is 1.57 bits per heavy atom. The van der Waals surface area contributed by atoms with Crippen molar-refractivity contribution in [3.05, 3.63) is 69.3 Å². The average molecular weight is 517 g/mol. The third-order valence-electron chi connectivity index (χ3n) is 5.52. The minimum atomic E-state index is -0.0782. The number of anilines is 1. The molecule has 0 heterocycles. The van der Waals surface area contributed by atoms with Crippen molar-refractivity contribution in [3.63, 3.8) is 0 Å². The maximum absolute atomic E-state index is 12.6. The van der Waals surface area contributed by atoms with Gasteiger partial charge in [-0.25, -0.2) is 0 Å². The van der Waals surface area contributed by atoms with Crippen LogP contribution in [0.15, 0.2) is 49.0 Å². The van der Waals surface area contributed by atoms with Gasteiger partial charge in [0.15, 0.2) is 0 Å². The number of rotatable bonds is 14. The van der Waals surface area contributed by atoms with Gasteiger partial charge in [0, 0.05) is 9.26 Å². The maximum atomic E-state index is 12.6. The zero-order valence-electron chi connectivity index (χ0n) is 18.4. The molecule has 0 fully saturated rings. The summed E-state index contributed by atoms with van der Waals surface area (Å²) >= 11 is 2.19. The fourth-order valence-electron chi connectivity index (χ4n) is 3.70. The summed E-state index contributed by atoms with van der Waals surface area (Å²) < 4.78 is 0.949. The summed E-state index contributed by atoms with van der Waals surface area (Å²) in [6.45, 7) is 6.21. The smallest absolute Gasteiger partial charge is 0.256 e. The molecule has 2 aromatic rings. The highest BCUT2D eigenvalue weighted by atomic mass is 127. The van der Waals surface area contributed by atoms with E-state index in [0.29, 0.717) is 5.56 Å². The number of unbranched alkanes of at least 4 members (excludes halogenated alkanes) is 9. The minimum absolute atomic E-state index is 0.0782. The van der Waals surface area contributed by atoms with Gasteiger partial charge in [0.2, 0.25) is 0 Å². The Morgan fingerprint density at radius 1 is 0.933 bits per heavy atom. The van der Waals surface area contributed by atoms with E-state index in [9.17, 15) is 4.79 Å². The molecule has 2 rings (SSSR count). The molecule has 2 nitrogen and oxygen atoms in total. The summed E-state index contributed by atoms with van der Waals surface area (Å²) in [6.07, 6.45) is 16.5. The van der Waals surface area contributed by atoms with Crippen molar-refractivity contribution in [2.75, 3.05) is 5.32 Å². The highest BCUT2D eigenvalue weighted by molar-refractivity contribution is 14.1. The molecule has 162 valence electrons. The number of carbonyl (C=O) groups is 1. The molecule has 1 amide bonds. The van der Waals surface area contributed by atoms with E-state index in [-0.39, 0.29) is 5.91 Å². The second-order valence-corrected chi connectivity index (χ2v) is 9.15. The first-order chi connectivity index (χ1) is 14.7. The van der Waals surface area contributed by atoms with E-state index < -0.39 is 0 Å². The lowest BCUT2D eigenvalue weighted by Gasteiger charge is -2.12. The van der Waals surface area contributed by atoms with E-state index >= 15 is 0 Å². The standard InChI is InChI=1S/C27H36INO/c1-3-5-6-7-8-9-10-11-12-13-16-22-19-20-26(23(4-2)21-22)29-27(30)24-17-14-15-18-25(24)28/h4,14-15,17-21H,2-3,5-13,16H2,1H3,(H,29,30). The van der Waals surface area contributed by atoms with Crippen LogP contribution in [0.3, 0.4) is 0 Å². The van der Waals surface area contributed by atoms with E-state index in [1.165, 1.54) is 69.8 Å². The number of amides is 1. The van der Waals surface area contributed by atoms with Crippen LogP contribution in [-0.4, -0.2) is 5.91 Å². The highest BCUT2D eigenvalue weighted by Crippen LogP contribution is 2.22. The Bertz CT molecular complexity index is 799. The summed E-state index contributed by atoms with van der Waals surface area (Å²) in [7, 11) is 0. The van der Waals surface area contributed by atoms with Gasteiger partial charge in [-0.2, -0.15) is 0 Å². The van der Waals surface area contributed by atoms with Crippen molar-refractivity contribution >= 4 is 40.3 Å². The van der Waals surface area contributed by atoms with E-state index in [2.05, 4.69) is 53.5 Å². The van der Waals surface area contributed by atoms with Crippen LogP contribution in [0.4, 0.5) is 5.69 Å². The van der Waals surface area contributed by atoms with Crippen LogP contribution in [0.2, 0.25) is 0 Å². The van der Waals surface area contributed by atoms with E-state index in [1.54, 1.807) is 0 Å². The largest absolute Gasteiger partial charge is 0.321 e. The molecule has 30 heavy (non-hydrogen) atoms. The van der Waals surface area contributed by atoms with Gasteiger partial charge in [-0.15, -0.1) is 0 Å². The molecule has 3 heteroatoms. The molecule has 0 aromatic heterocycles. The predicted octanol–water partition coefficient (Wildman–Crippen LogP) is 8.65. The van der Waals surface area contributed by atoms with Crippen molar-refractivity contribution in [1.82, 2.24) is 0 Å². The van der Waals surface area contributed by atoms with Crippen molar-refractivity contribution < 1.29 is 4.79 Å². The molecule has 0 unspecified atom stereocenters. The summed E-state index contributed by atoms with van der Waals surface area (Å²) in [5.74, 6) is -0.0782. The van der Waals surface area contributed by atoms with Gasteiger partial charge in [-0.05, 0) is 70.8 Å². The van der Waals surface area contributed by atoms with Crippen LogP contribution in [-0.2, 0) is 6.42 Å². The monoisotopic (exact) mass is 517 g/mol. The lowest BCUT2D eigenvalue weighted by Crippen LogP contribution is -2.14. The first kappa shape index (κ1) is 24.6. The molecule has 0 radical (unpaired) electrons. The van der Waals surface area contributed by atoms with Gasteiger partial charge in [-0.1, -0.05) is 95.6 Å². The second-order valence-electron chi connectivity index (χ2n) is 7.99. The number of hydrogen-bond donors (Lipinski definition) is 1. The topological polar surface area (TPSA) is 29.1 Å². The first-order valence-electron chi connectivity index (χ1n) is 11.5. The lowest BCUT2D eigenvalue weighted by atomic mass is 10.0. The number of benzene rings is 2. The third kappa shape index (κ3) is 8.63. The lowest BCUT2D eigenvalue weighted by molar-refractivity contribution is 0.102. The molecule has 0 saturated carbocycles. The normalized spacial score (nSPS) is 10.7. The van der Waals surface area contributed by atoms with Crippen molar-refractivity contribution in [2.24, 2.45) is 0 Å². The van der Waals surface area contributed by atoms with Gasteiger partial charge >= 0.3 is 0 Å². The Morgan fingerprint density at radius 3 is 2.20 bits per heavy atom. The molecular weight excluding hydrogens is 481 g/mol. The molecule has 1 N–H and O–H groups in total. The summed E-state index contributed by atoms with van der Waals surface area (Å²) in [4.78, 5) is 12.6. The SMILES string of the molecule is C=Cc1cc(CCCCCCCCCCCC)ccc1NC(=O)c1ccccc1I. The van der Waals surface area contributed by atoms with Crippen molar-refractivity contribution in [2.45, 2.75) is 77.6 Å². The highest BCUT2D eigenvalue weighted by Gasteiger charge is 2.11. The number of nitrogens with one attached hydrogen (secondary N) is 1. The first-order valence-corrected chi connectivity index (χ1v) is 12.5. The molecule has 0 aliphatic heterocycles. The number of hydrogen-bond acceptors (Lipinski definition) is 1. The van der Waals surface area contributed by atoms with Crippen LogP contribution in [0.25, 0.3) is 6.08 Å². The molecule has 0 aliphatic rings. The summed E-state index contributed by atoms with van der Waals surface area (Å²) in [5, 5.41) is 3.04. The van der Waals surface area contributed by atoms with Crippen molar-refractivity contribution in [1.29, 1.82) is 0 Å². The fraction of sp³-hybridized carbons (Fsp3) is 0.444. The van der Waals surface area contributed by atoms with Crippen LogP contribution in [0.5, 0.6) is 0 Å². The minimum Gasteiger partial charge on any atom is -0.321 e. The molecule has 0 saturated heterocycles. The molecule has 0 aliphatic carbocycles. The maximum Gasteiger partial charge on any atom is 0.256 e. The molecule has 0 bridgehead atoms. The number of carbonyl (C=O) groups excluding carboxylic acids is 1. The Balaban J connectivity index is 1.75. The third-order valence-corrected chi connectivity index (χ3v) is 6.46. The Hall–Kier alpha value is -1.62. The zero-order chi connectivity index (χ0) is 21.6. The van der Waals surface area contributed by atoms with E-state index in [1.807, 2.05) is 36.4 Å². The van der Waals surface area contributed by atoms with Crippen LogP contribution in [0.1, 0.15) is 92.6 Å². The average Bonchev–Trinajstić information content (AvgIpc) is 2.76. The van der Waals surface area contributed by atoms with Gasteiger partial charge in [0.1, 0.15) is 0 Å². The Labute approximate surface area is 196 Å². The molecule has 2 aromatic carbocycles. The van der Waals surface area contributed by atoms with Crippen LogP contribution < -0.4 is 5.32 Å². The number of aryl methyl sites for hydroxylation is 1. The van der Waals surface area contributed by atoms with Crippen LogP contribution >= 0.6 is 22.6 Å². The van der Waals surface area contributed by atoms with Gasteiger partial charge in [0.05, 0.1) is 5.56 Å². The van der Waals surface area contributed by atoms with Gasteiger partial charge < -0.3 is 5.32 Å². The van der Waals surface area contributed by atoms with Crippen molar-refractivity contribution in [3.8, 4) is 0 Å². The van der Waals surface area contributed by atoms with Gasteiger partial charge in [-0.3, -0.25) is 4.79 Å². The summed E-state index contributed by atoms with van der Waals surface area (Å²) in [5.41, 5.74) is 3.82. The Kier molecular flexibility index (Phi) is 11.8. The quantitative estimate of drug-likeness (QED) is 0.197. The fourth-order valence-corrected chi connectivity index (χ4v) is 4.33. The predicted molar refractivity (Wildman–Crippen MR) is 139 cm³/mol. The van der Waals surface area contributed by atoms with E-state index in [4.69, 9.17) is 0 Å². The number of halogens is 1. The second kappa shape index (κ2) is 14.4. The van der Waals surface area contributed by atoms with Gasteiger partial charge in [0.25, 0.3) is 5.91 Å². The molecular formula is C27H36INO. The molecule has 0 spiro atoms. The zero-order valence-corrected chi connectivity index (χ0v) is 20.5.